The zero-order chi connectivity index (χ0) is 24.8. The molecule has 0 fully saturated rings. The average Bonchev–Trinajstić information content (AvgIpc) is 3.18. The molecule has 2 atom stereocenters. The van der Waals surface area contributed by atoms with Gasteiger partial charge in [-0.1, -0.05) is 60.7 Å². The van der Waals surface area contributed by atoms with E-state index < -0.39 is 18.0 Å². The summed E-state index contributed by atoms with van der Waals surface area (Å²) in [6, 6.07) is 15.9. The molecule has 0 spiro atoms. The van der Waals surface area contributed by atoms with Crippen molar-refractivity contribution < 1.29 is 29.0 Å². The van der Waals surface area contributed by atoms with E-state index in [1.165, 1.54) is 12.0 Å². The van der Waals surface area contributed by atoms with Gasteiger partial charge in [-0.25, -0.2) is 4.79 Å². The van der Waals surface area contributed by atoms with Gasteiger partial charge in [0.15, 0.2) is 0 Å². The van der Waals surface area contributed by atoms with E-state index in [1.807, 2.05) is 36.4 Å². The van der Waals surface area contributed by atoms with E-state index in [2.05, 4.69) is 29.6 Å². The highest BCUT2D eigenvalue weighted by atomic mass is 16.5. The van der Waals surface area contributed by atoms with Gasteiger partial charge in [0, 0.05) is 25.5 Å². The number of alkyl carbamates (subject to hydrolysis) is 1. The minimum Gasteiger partial charge on any atom is -0.480 e. The van der Waals surface area contributed by atoms with Crippen molar-refractivity contribution in [1.82, 2.24) is 10.2 Å². The Labute approximate surface area is 204 Å². The Morgan fingerprint density at radius 3 is 2.34 bits per heavy atom. The van der Waals surface area contributed by atoms with Crippen molar-refractivity contribution in [2.75, 3.05) is 33.4 Å². The molecule has 2 aliphatic rings. The summed E-state index contributed by atoms with van der Waals surface area (Å²) in [7, 11) is 1.50. The van der Waals surface area contributed by atoms with E-state index in [0.717, 1.165) is 22.3 Å². The van der Waals surface area contributed by atoms with Crippen LogP contribution < -0.4 is 5.32 Å². The number of carbonyl (C=O) groups excluding carboxylic acids is 2. The molecule has 35 heavy (non-hydrogen) atoms. The van der Waals surface area contributed by atoms with Crippen LogP contribution in [0.2, 0.25) is 0 Å². The van der Waals surface area contributed by atoms with Crippen LogP contribution in [0, 0.1) is 5.92 Å². The third kappa shape index (κ3) is 5.71. The highest BCUT2D eigenvalue weighted by molar-refractivity contribution is 5.83. The van der Waals surface area contributed by atoms with Gasteiger partial charge in [-0.2, -0.15) is 0 Å². The fourth-order valence-electron chi connectivity index (χ4n) is 4.88. The molecule has 0 radical (unpaired) electrons. The van der Waals surface area contributed by atoms with Crippen LogP contribution in [0.4, 0.5) is 4.79 Å². The molecule has 0 heterocycles. The number of aliphatic carboxylic acids is 1. The van der Waals surface area contributed by atoms with Crippen molar-refractivity contribution in [1.29, 1.82) is 0 Å². The zero-order valence-electron chi connectivity index (χ0n) is 19.7. The summed E-state index contributed by atoms with van der Waals surface area (Å²) in [5.41, 5.74) is 4.60. The predicted octanol–water partition coefficient (Wildman–Crippen LogP) is 3.42. The number of hydrogen-bond donors (Lipinski definition) is 2. The quantitative estimate of drug-likeness (QED) is 0.535. The fraction of sp³-hybridized carbons (Fsp3) is 0.370. The number of ether oxygens (including phenoxy) is 2. The maximum Gasteiger partial charge on any atom is 0.407 e. The van der Waals surface area contributed by atoms with Crippen LogP contribution in [-0.2, 0) is 19.1 Å². The molecule has 2 aromatic rings. The molecule has 4 rings (SSSR count). The van der Waals surface area contributed by atoms with Crippen LogP contribution in [0.25, 0.3) is 11.1 Å². The van der Waals surface area contributed by atoms with Gasteiger partial charge in [0.2, 0.25) is 5.91 Å². The molecule has 0 bridgehead atoms. The van der Waals surface area contributed by atoms with Crippen LogP contribution in [0.5, 0.6) is 0 Å². The molecule has 2 aliphatic carbocycles. The Hall–Kier alpha value is -3.65. The number of benzene rings is 2. The number of carboxylic acids is 1. The minimum absolute atomic E-state index is 0.0327. The molecule has 2 N–H and O–H groups in total. The number of nitrogens with zero attached hydrogens (tertiary/aromatic N) is 1. The molecule has 2 amide bonds. The van der Waals surface area contributed by atoms with E-state index in [0.29, 0.717) is 12.8 Å². The monoisotopic (exact) mass is 478 g/mol. The smallest absolute Gasteiger partial charge is 0.407 e. The molecule has 184 valence electrons. The zero-order valence-corrected chi connectivity index (χ0v) is 19.7. The first-order valence-electron chi connectivity index (χ1n) is 11.8. The third-order valence-corrected chi connectivity index (χ3v) is 6.53. The summed E-state index contributed by atoms with van der Waals surface area (Å²) >= 11 is 0. The number of hydrogen-bond acceptors (Lipinski definition) is 5. The maximum absolute atomic E-state index is 12.9. The molecule has 2 aromatic carbocycles. The SMILES string of the molecule is COCCN(CC(=O)O)C(=O)C1CC=CC(NC(=O)OCC2c3ccccc3-c3ccccc32)C1. The Morgan fingerprint density at radius 1 is 1.06 bits per heavy atom. The first-order chi connectivity index (χ1) is 17.0. The maximum atomic E-state index is 12.9. The lowest BCUT2D eigenvalue weighted by Crippen LogP contribution is -2.45. The normalized spacial score (nSPS) is 18.4. The van der Waals surface area contributed by atoms with Gasteiger partial charge in [0.25, 0.3) is 0 Å². The van der Waals surface area contributed by atoms with Gasteiger partial charge in [0.1, 0.15) is 13.2 Å². The van der Waals surface area contributed by atoms with Gasteiger partial charge < -0.3 is 24.8 Å². The lowest BCUT2D eigenvalue weighted by molar-refractivity contribution is -0.147. The third-order valence-electron chi connectivity index (χ3n) is 6.53. The van der Waals surface area contributed by atoms with E-state index in [-0.39, 0.29) is 44.2 Å². The van der Waals surface area contributed by atoms with Crippen molar-refractivity contribution >= 4 is 18.0 Å². The van der Waals surface area contributed by atoms with E-state index in [9.17, 15) is 14.4 Å². The highest BCUT2D eigenvalue weighted by Gasteiger charge is 2.31. The predicted molar refractivity (Wildman–Crippen MR) is 130 cm³/mol. The van der Waals surface area contributed by atoms with Crippen LogP contribution in [0.15, 0.2) is 60.7 Å². The van der Waals surface area contributed by atoms with Gasteiger partial charge in [-0.05, 0) is 35.1 Å². The summed E-state index contributed by atoms with van der Waals surface area (Å²) in [6.07, 6.45) is 4.02. The lowest BCUT2D eigenvalue weighted by atomic mass is 9.90. The number of allylic oxidation sites excluding steroid dienone is 1. The molecule has 0 saturated heterocycles. The van der Waals surface area contributed by atoms with Crippen molar-refractivity contribution in [3.8, 4) is 11.1 Å². The van der Waals surface area contributed by atoms with Crippen LogP contribution in [0.1, 0.15) is 29.9 Å². The number of methoxy groups -OCH3 is 1. The number of carbonyl (C=O) groups is 3. The fourth-order valence-corrected chi connectivity index (χ4v) is 4.88. The number of fused-ring (bicyclic) bond motifs is 3. The summed E-state index contributed by atoms with van der Waals surface area (Å²) < 4.78 is 10.6. The van der Waals surface area contributed by atoms with Crippen molar-refractivity contribution in [2.45, 2.75) is 24.8 Å². The summed E-state index contributed by atoms with van der Waals surface area (Å²) in [6.45, 7) is 0.282. The van der Waals surface area contributed by atoms with Crippen LogP contribution in [-0.4, -0.2) is 67.4 Å². The van der Waals surface area contributed by atoms with E-state index in [1.54, 1.807) is 0 Å². The number of nitrogens with one attached hydrogen (secondary N) is 1. The summed E-state index contributed by atoms with van der Waals surface area (Å²) in [5, 5.41) is 12.0. The largest absolute Gasteiger partial charge is 0.480 e. The van der Waals surface area contributed by atoms with E-state index >= 15 is 0 Å². The van der Waals surface area contributed by atoms with Gasteiger partial charge in [-0.15, -0.1) is 0 Å². The van der Waals surface area contributed by atoms with Crippen LogP contribution >= 0.6 is 0 Å². The molecule has 8 heteroatoms. The lowest BCUT2D eigenvalue weighted by Gasteiger charge is -2.29. The second-order valence-electron chi connectivity index (χ2n) is 8.82. The number of amides is 2. The van der Waals surface area contributed by atoms with Gasteiger partial charge in [0.05, 0.1) is 12.6 Å². The van der Waals surface area contributed by atoms with Crippen molar-refractivity contribution in [3.05, 3.63) is 71.8 Å². The molecular weight excluding hydrogens is 448 g/mol. The first-order valence-corrected chi connectivity index (χ1v) is 11.8. The number of rotatable bonds is 9. The summed E-state index contributed by atoms with van der Waals surface area (Å²) in [5.74, 6) is -1.79. The second kappa shape index (κ2) is 11.2. The highest BCUT2D eigenvalue weighted by Crippen LogP contribution is 2.44. The Bertz CT molecular complexity index is 1070. The molecule has 8 nitrogen and oxygen atoms in total. The van der Waals surface area contributed by atoms with Crippen LogP contribution in [0.3, 0.4) is 0 Å². The molecular formula is C27H30N2O6. The van der Waals surface area contributed by atoms with E-state index in [4.69, 9.17) is 14.6 Å². The van der Waals surface area contributed by atoms with Crippen molar-refractivity contribution in [2.24, 2.45) is 5.92 Å². The topological polar surface area (TPSA) is 105 Å². The van der Waals surface area contributed by atoms with Gasteiger partial charge in [-0.3, -0.25) is 9.59 Å². The molecule has 2 unspecified atom stereocenters. The Balaban J connectivity index is 1.34. The standard InChI is InChI=1S/C27H30N2O6/c1-34-14-13-29(16-25(30)31)26(32)18-7-6-8-19(15-18)28-27(33)35-17-24-22-11-4-2-9-20(22)21-10-3-5-12-23(21)24/h2-6,8-12,18-19,24H,7,13-17H2,1H3,(H,28,33)(H,30,31). The van der Waals surface area contributed by atoms with Gasteiger partial charge >= 0.3 is 12.1 Å². The Morgan fingerprint density at radius 2 is 1.71 bits per heavy atom. The second-order valence-corrected chi connectivity index (χ2v) is 8.82. The minimum atomic E-state index is -1.07. The summed E-state index contributed by atoms with van der Waals surface area (Å²) in [4.78, 5) is 38.0. The molecule has 0 aromatic heterocycles. The molecule has 0 saturated carbocycles. The van der Waals surface area contributed by atoms with Crippen molar-refractivity contribution in [3.63, 3.8) is 0 Å². The average molecular weight is 479 g/mol. The Kier molecular flexibility index (Phi) is 7.82. The number of carboxylic acid groups (broad SMARTS) is 1. The first kappa shape index (κ1) is 24.5. The molecule has 0 aliphatic heterocycles.